The van der Waals surface area contributed by atoms with Crippen molar-refractivity contribution in [3.8, 4) is 0 Å². The topological polar surface area (TPSA) is 37.3 Å². The molecule has 0 spiro atoms. The molecule has 2 atom stereocenters. The Hall–Kier alpha value is -1.91. The van der Waals surface area contributed by atoms with Crippen LogP contribution in [0.3, 0.4) is 0 Å². The van der Waals surface area contributed by atoms with Crippen LogP contribution in [0.1, 0.15) is 39.8 Å². The van der Waals surface area contributed by atoms with Gasteiger partial charge in [0.1, 0.15) is 12.6 Å². The molecule has 2 N–H and O–H groups in total. The molecule has 1 aliphatic heterocycles. The van der Waals surface area contributed by atoms with E-state index in [9.17, 15) is 4.79 Å². The highest BCUT2D eigenvalue weighted by molar-refractivity contribution is 7.10. The number of Topliss-reactive ketones (excluding diaryl/α,β-unsaturated/α-hetero) is 1. The Kier molecular flexibility index (Phi) is 3.79. The number of aryl methyl sites for hydroxylation is 1. The van der Waals surface area contributed by atoms with Crippen molar-refractivity contribution in [2.45, 2.75) is 25.8 Å². The number of aromatic amines is 1. The van der Waals surface area contributed by atoms with E-state index in [1.165, 1.54) is 22.6 Å². The summed E-state index contributed by atoms with van der Waals surface area (Å²) in [6.07, 6.45) is 2.40. The second-order valence-electron chi connectivity index (χ2n) is 6.39. The van der Waals surface area contributed by atoms with Crippen LogP contribution in [-0.4, -0.2) is 23.9 Å². The number of fused-ring (bicyclic) bond motifs is 1. The minimum Gasteiger partial charge on any atom is -0.358 e. The highest BCUT2D eigenvalue weighted by atomic mass is 32.1. The molecule has 4 heteroatoms. The van der Waals surface area contributed by atoms with Crippen molar-refractivity contribution in [1.82, 2.24) is 4.98 Å². The quantitative estimate of drug-likeness (QED) is 0.711. The first kappa shape index (κ1) is 14.7. The fourth-order valence-electron chi connectivity index (χ4n) is 3.89. The first-order valence-electron chi connectivity index (χ1n) is 8.22. The molecule has 3 heterocycles. The molecule has 118 valence electrons. The van der Waals surface area contributed by atoms with E-state index < -0.39 is 0 Å². The number of aromatic nitrogens is 1. The van der Waals surface area contributed by atoms with Crippen LogP contribution in [-0.2, 0) is 0 Å². The lowest BCUT2D eigenvalue weighted by molar-refractivity contribution is -0.909. The number of carbonyl (C=O) groups excluding carboxylic acids is 1. The SMILES string of the molecule is Cc1[nH]c2ccccc2c1C(=O)C[NH+]1CCC[C@H]1c1cccs1. The Morgan fingerprint density at radius 3 is 3.00 bits per heavy atom. The van der Waals surface area contributed by atoms with Crippen LogP contribution in [0.5, 0.6) is 0 Å². The molecule has 1 unspecified atom stereocenters. The van der Waals surface area contributed by atoms with Crippen LogP contribution in [0.2, 0.25) is 0 Å². The third kappa shape index (κ3) is 2.62. The number of likely N-dealkylation sites (tertiary alicyclic amines) is 1. The van der Waals surface area contributed by atoms with Crippen LogP contribution in [0.25, 0.3) is 10.9 Å². The third-order valence-corrected chi connectivity index (χ3v) is 5.92. The molecule has 1 aliphatic rings. The highest BCUT2D eigenvalue weighted by Crippen LogP contribution is 2.25. The Labute approximate surface area is 139 Å². The van der Waals surface area contributed by atoms with Gasteiger partial charge in [-0.05, 0) is 24.4 Å². The lowest BCUT2D eigenvalue weighted by Gasteiger charge is -2.19. The number of quaternary nitrogens is 1. The van der Waals surface area contributed by atoms with Crippen LogP contribution in [0.15, 0.2) is 41.8 Å². The Morgan fingerprint density at radius 2 is 2.17 bits per heavy atom. The van der Waals surface area contributed by atoms with Gasteiger partial charge in [-0.1, -0.05) is 24.3 Å². The number of carbonyl (C=O) groups is 1. The van der Waals surface area contributed by atoms with Gasteiger partial charge in [0.15, 0.2) is 0 Å². The van der Waals surface area contributed by atoms with E-state index in [0.29, 0.717) is 12.6 Å². The summed E-state index contributed by atoms with van der Waals surface area (Å²) in [6.45, 7) is 3.68. The van der Waals surface area contributed by atoms with Gasteiger partial charge < -0.3 is 9.88 Å². The van der Waals surface area contributed by atoms with Crippen molar-refractivity contribution in [3.63, 3.8) is 0 Å². The van der Waals surface area contributed by atoms with E-state index in [2.05, 4.69) is 22.5 Å². The monoisotopic (exact) mass is 325 g/mol. The van der Waals surface area contributed by atoms with E-state index in [0.717, 1.165) is 28.7 Å². The van der Waals surface area contributed by atoms with Gasteiger partial charge in [-0.2, -0.15) is 0 Å². The van der Waals surface area contributed by atoms with Crippen LogP contribution in [0, 0.1) is 6.92 Å². The largest absolute Gasteiger partial charge is 0.358 e. The molecule has 1 fully saturated rings. The standard InChI is InChI=1S/C19H20N2OS/c1-13-19(14-6-2-3-7-15(14)20-13)17(22)12-21-10-4-8-16(21)18-9-5-11-23-18/h2-3,5-7,9,11,16,20H,4,8,10,12H2,1H3/p+1/t16-/m0/s1. The summed E-state index contributed by atoms with van der Waals surface area (Å²) < 4.78 is 0. The summed E-state index contributed by atoms with van der Waals surface area (Å²) >= 11 is 1.82. The lowest BCUT2D eigenvalue weighted by Crippen LogP contribution is -3.11. The van der Waals surface area contributed by atoms with Gasteiger partial charge in [-0.25, -0.2) is 0 Å². The minimum absolute atomic E-state index is 0.262. The Morgan fingerprint density at radius 1 is 1.30 bits per heavy atom. The summed E-state index contributed by atoms with van der Waals surface area (Å²) in [5.74, 6) is 0.262. The maximum atomic E-state index is 13.0. The van der Waals surface area contributed by atoms with Gasteiger partial charge in [0.25, 0.3) is 0 Å². The second-order valence-corrected chi connectivity index (χ2v) is 7.37. The molecule has 2 aromatic heterocycles. The number of para-hydroxylation sites is 1. The maximum Gasteiger partial charge on any atom is 0.219 e. The van der Waals surface area contributed by atoms with Gasteiger partial charge in [-0.15, -0.1) is 11.3 Å². The zero-order valence-corrected chi connectivity index (χ0v) is 14.1. The van der Waals surface area contributed by atoms with Crippen molar-refractivity contribution in [2.75, 3.05) is 13.1 Å². The molecule has 0 bridgehead atoms. The summed E-state index contributed by atoms with van der Waals surface area (Å²) in [5.41, 5.74) is 2.92. The fraction of sp³-hybridized carbons (Fsp3) is 0.316. The number of nitrogens with one attached hydrogen (secondary N) is 2. The molecule has 0 amide bonds. The zero-order valence-electron chi connectivity index (χ0n) is 13.3. The third-order valence-electron chi connectivity index (χ3n) is 4.93. The number of thiophene rings is 1. The zero-order chi connectivity index (χ0) is 15.8. The predicted molar refractivity (Wildman–Crippen MR) is 94.4 cm³/mol. The highest BCUT2D eigenvalue weighted by Gasteiger charge is 2.33. The molecular formula is C19H21N2OS+. The molecule has 4 rings (SSSR count). The first-order valence-corrected chi connectivity index (χ1v) is 9.10. The van der Waals surface area contributed by atoms with Gasteiger partial charge in [0.05, 0.1) is 17.0 Å². The average molecular weight is 325 g/mol. The van der Waals surface area contributed by atoms with Crippen molar-refractivity contribution >= 4 is 28.0 Å². The van der Waals surface area contributed by atoms with Crippen molar-refractivity contribution in [1.29, 1.82) is 0 Å². The molecule has 3 nitrogen and oxygen atoms in total. The molecular weight excluding hydrogens is 304 g/mol. The number of rotatable bonds is 4. The van der Waals surface area contributed by atoms with E-state index in [1.54, 1.807) is 0 Å². The normalized spacial score (nSPS) is 21.1. The smallest absolute Gasteiger partial charge is 0.219 e. The van der Waals surface area contributed by atoms with Crippen LogP contribution < -0.4 is 4.90 Å². The van der Waals surface area contributed by atoms with Crippen LogP contribution >= 0.6 is 11.3 Å². The molecule has 0 radical (unpaired) electrons. The lowest BCUT2D eigenvalue weighted by atomic mass is 10.1. The summed E-state index contributed by atoms with van der Waals surface area (Å²) in [4.78, 5) is 19.2. The number of hydrogen-bond acceptors (Lipinski definition) is 2. The summed E-state index contributed by atoms with van der Waals surface area (Å²) in [6, 6.07) is 12.9. The van der Waals surface area contributed by atoms with Gasteiger partial charge in [-0.3, -0.25) is 4.79 Å². The predicted octanol–water partition coefficient (Wildman–Crippen LogP) is 3.14. The average Bonchev–Trinajstić information content (AvgIpc) is 3.24. The number of benzene rings is 1. The molecule has 0 aliphatic carbocycles. The van der Waals surface area contributed by atoms with E-state index in [1.807, 2.05) is 42.5 Å². The van der Waals surface area contributed by atoms with Crippen molar-refractivity contribution < 1.29 is 9.69 Å². The molecule has 1 aromatic carbocycles. The van der Waals surface area contributed by atoms with Crippen molar-refractivity contribution in [3.05, 3.63) is 57.9 Å². The summed E-state index contributed by atoms with van der Waals surface area (Å²) in [7, 11) is 0. The Balaban J connectivity index is 1.61. The minimum atomic E-state index is 0.262. The second kappa shape index (κ2) is 5.95. The maximum absolute atomic E-state index is 13.0. The summed E-state index contributed by atoms with van der Waals surface area (Å²) in [5, 5.41) is 3.19. The van der Waals surface area contributed by atoms with Gasteiger partial charge in [0.2, 0.25) is 5.78 Å². The fourth-order valence-corrected chi connectivity index (χ4v) is 4.81. The van der Waals surface area contributed by atoms with Gasteiger partial charge >= 0.3 is 0 Å². The first-order chi connectivity index (χ1) is 11.2. The molecule has 1 saturated heterocycles. The molecule has 23 heavy (non-hydrogen) atoms. The Bertz CT molecular complexity index is 834. The molecule has 0 saturated carbocycles. The molecule has 3 aromatic rings. The van der Waals surface area contributed by atoms with E-state index in [4.69, 9.17) is 0 Å². The number of hydrogen-bond donors (Lipinski definition) is 2. The van der Waals surface area contributed by atoms with Crippen LogP contribution in [0.4, 0.5) is 0 Å². The van der Waals surface area contributed by atoms with E-state index >= 15 is 0 Å². The number of H-pyrrole nitrogens is 1. The van der Waals surface area contributed by atoms with E-state index in [-0.39, 0.29) is 5.78 Å². The number of ketones is 1. The van der Waals surface area contributed by atoms with Gasteiger partial charge in [0, 0.05) is 29.4 Å². The van der Waals surface area contributed by atoms with Crippen molar-refractivity contribution in [2.24, 2.45) is 0 Å².